The van der Waals surface area contributed by atoms with Gasteiger partial charge in [-0.15, -0.1) is 0 Å². The number of nitrogens with zero attached hydrogens (tertiary/aromatic N) is 1. The Balaban J connectivity index is 1.22. The van der Waals surface area contributed by atoms with Crippen molar-refractivity contribution in [3.05, 3.63) is 42.0 Å². The Morgan fingerprint density at radius 1 is 1.21 bits per heavy atom. The Morgan fingerprint density at radius 2 is 2.00 bits per heavy atom. The van der Waals surface area contributed by atoms with E-state index in [0.717, 1.165) is 21.5 Å². The average Bonchev–Trinajstić information content (AvgIpc) is 3.11. The third-order valence-electron chi connectivity index (χ3n) is 5.13. The van der Waals surface area contributed by atoms with Gasteiger partial charge in [0.25, 0.3) is 0 Å². The van der Waals surface area contributed by atoms with Gasteiger partial charge in [-0.3, -0.25) is 9.59 Å². The first-order chi connectivity index (χ1) is 14.2. The maximum atomic E-state index is 12.4. The van der Waals surface area contributed by atoms with Gasteiger partial charge >= 0.3 is 0 Å². The lowest BCUT2D eigenvalue weighted by atomic mass is 9.89. The van der Waals surface area contributed by atoms with Crippen LogP contribution in [0.15, 0.2) is 36.4 Å². The topological polar surface area (TPSA) is 89.6 Å². The largest absolute Gasteiger partial charge is 0.486 e. The molecule has 8 heteroatoms. The van der Waals surface area contributed by atoms with Crippen LogP contribution in [0.2, 0.25) is 0 Å². The number of aromatic nitrogens is 1. The quantitative estimate of drug-likeness (QED) is 0.687. The summed E-state index contributed by atoms with van der Waals surface area (Å²) >= 11 is 1.39. The maximum absolute atomic E-state index is 12.4. The lowest BCUT2D eigenvalue weighted by Gasteiger charge is -2.24. The number of para-hydroxylation sites is 1. The second-order valence-corrected chi connectivity index (χ2v) is 8.15. The van der Waals surface area contributed by atoms with E-state index >= 15 is 0 Å². The molecule has 5 rings (SSSR count). The van der Waals surface area contributed by atoms with Crippen molar-refractivity contribution in [1.82, 2.24) is 4.98 Å². The van der Waals surface area contributed by atoms with E-state index in [1.54, 1.807) is 0 Å². The van der Waals surface area contributed by atoms with Crippen molar-refractivity contribution in [3.63, 3.8) is 0 Å². The Kier molecular flexibility index (Phi) is 4.55. The van der Waals surface area contributed by atoms with Crippen molar-refractivity contribution >= 4 is 44.2 Å². The number of hydrogen-bond donors (Lipinski definition) is 2. The fraction of sp³-hybridized carbons (Fsp3) is 0.286. The van der Waals surface area contributed by atoms with E-state index in [-0.39, 0.29) is 24.2 Å². The molecule has 2 N–H and O–H groups in total. The number of fused-ring (bicyclic) bond motifs is 3. The summed E-state index contributed by atoms with van der Waals surface area (Å²) in [6.07, 6.45) is 1.41. The number of benzene rings is 2. The van der Waals surface area contributed by atoms with Crippen LogP contribution in [0.25, 0.3) is 10.2 Å². The summed E-state index contributed by atoms with van der Waals surface area (Å²) in [7, 11) is 0. The van der Waals surface area contributed by atoms with Crippen LogP contribution in [0.1, 0.15) is 18.4 Å². The van der Waals surface area contributed by atoms with Gasteiger partial charge < -0.3 is 20.1 Å². The van der Waals surface area contributed by atoms with E-state index in [9.17, 15) is 9.59 Å². The van der Waals surface area contributed by atoms with E-state index < -0.39 is 0 Å². The molecular weight excluding hydrogens is 390 g/mol. The number of hydrogen-bond acceptors (Lipinski definition) is 6. The van der Waals surface area contributed by atoms with Gasteiger partial charge in [0.2, 0.25) is 11.8 Å². The third-order valence-corrected chi connectivity index (χ3v) is 6.06. The fourth-order valence-electron chi connectivity index (χ4n) is 3.65. The molecule has 7 nitrogen and oxygen atoms in total. The zero-order valence-corrected chi connectivity index (χ0v) is 16.4. The smallest absolute Gasteiger partial charge is 0.227 e. The highest BCUT2D eigenvalue weighted by Crippen LogP contribution is 2.38. The van der Waals surface area contributed by atoms with Crippen LogP contribution in [-0.2, 0) is 16.0 Å². The summed E-state index contributed by atoms with van der Waals surface area (Å²) in [5.74, 6) is 1.01. The first-order valence-electron chi connectivity index (χ1n) is 9.54. The van der Waals surface area contributed by atoms with E-state index in [1.807, 2.05) is 36.4 Å². The molecule has 0 fully saturated rings. The van der Waals surface area contributed by atoms with Gasteiger partial charge in [-0.2, -0.15) is 0 Å². The molecule has 0 saturated carbocycles. The van der Waals surface area contributed by atoms with Crippen LogP contribution in [0, 0.1) is 5.92 Å². The summed E-state index contributed by atoms with van der Waals surface area (Å²) in [6.45, 7) is 1.05. The molecule has 2 aromatic carbocycles. The van der Waals surface area contributed by atoms with Crippen LogP contribution in [-0.4, -0.2) is 30.0 Å². The minimum Gasteiger partial charge on any atom is -0.486 e. The lowest BCUT2D eigenvalue weighted by Crippen LogP contribution is -2.30. The highest BCUT2D eigenvalue weighted by molar-refractivity contribution is 7.22. The zero-order valence-electron chi connectivity index (χ0n) is 15.6. The van der Waals surface area contributed by atoms with Crippen molar-refractivity contribution in [2.45, 2.75) is 19.3 Å². The number of amides is 2. The highest BCUT2D eigenvalue weighted by Gasteiger charge is 2.26. The number of nitrogens with one attached hydrogen (secondary N) is 2. The number of ether oxygens (including phenoxy) is 2. The molecule has 0 radical (unpaired) electrons. The third kappa shape index (κ3) is 3.63. The minimum atomic E-state index is -0.202. The number of thiazole rings is 1. The van der Waals surface area contributed by atoms with Gasteiger partial charge in [0.1, 0.15) is 13.2 Å². The molecule has 2 aliphatic rings. The monoisotopic (exact) mass is 409 g/mol. The molecule has 3 heterocycles. The summed E-state index contributed by atoms with van der Waals surface area (Å²) < 4.78 is 12.1. The van der Waals surface area contributed by atoms with Crippen LogP contribution >= 0.6 is 11.3 Å². The van der Waals surface area contributed by atoms with Gasteiger partial charge in [-0.1, -0.05) is 29.5 Å². The number of carbonyl (C=O) groups excluding carboxylic acids is 2. The Hall–Kier alpha value is -3.13. The van der Waals surface area contributed by atoms with Crippen LogP contribution in [0.5, 0.6) is 11.5 Å². The second-order valence-electron chi connectivity index (χ2n) is 7.12. The van der Waals surface area contributed by atoms with Crippen molar-refractivity contribution < 1.29 is 19.1 Å². The Labute approximate surface area is 171 Å². The predicted octanol–water partition coefficient (Wildman–Crippen LogP) is 3.60. The molecule has 1 atom stereocenters. The summed E-state index contributed by atoms with van der Waals surface area (Å²) in [5.41, 5.74) is 2.73. The fourth-order valence-corrected chi connectivity index (χ4v) is 4.54. The van der Waals surface area contributed by atoms with E-state index in [0.29, 0.717) is 42.7 Å². The summed E-state index contributed by atoms with van der Waals surface area (Å²) in [5, 5.41) is 6.31. The standard InChI is InChI=1S/C21H19N3O4S/c25-19(6-5-13-9-12-3-1-2-4-14(12)22-20(13)26)24-21-23-15-10-16-17(11-18(15)29-21)28-8-7-27-16/h1-4,10-11,13H,5-9H2,(H,22,26)(H,23,24,25). The number of anilines is 2. The molecule has 148 valence electrons. The Bertz CT molecular complexity index is 1070. The minimum absolute atomic E-state index is 0.0259. The molecule has 2 amide bonds. The highest BCUT2D eigenvalue weighted by atomic mass is 32.1. The van der Waals surface area contributed by atoms with Crippen molar-refractivity contribution in [1.29, 1.82) is 0 Å². The molecule has 3 aromatic rings. The average molecular weight is 409 g/mol. The first-order valence-corrected chi connectivity index (χ1v) is 10.4. The molecule has 0 aliphatic carbocycles. The zero-order chi connectivity index (χ0) is 19.8. The summed E-state index contributed by atoms with van der Waals surface area (Å²) in [6, 6.07) is 11.5. The van der Waals surface area contributed by atoms with E-state index in [1.165, 1.54) is 11.3 Å². The van der Waals surface area contributed by atoms with Crippen molar-refractivity contribution in [2.75, 3.05) is 23.8 Å². The number of carbonyl (C=O) groups is 2. The van der Waals surface area contributed by atoms with Gasteiger partial charge in [0.05, 0.1) is 10.2 Å². The summed E-state index contributed by atoms with van der Waals surface area (Å²) in [4.78, 5) is 29.2. The SMILES string of the molecule is O=C(CCC1Cc2ccccc2NC1=O)Nc1nc2cc3c(cc2s1)OCCO3. The number of rotatable bonds is 4. The maximum Gasteiger partial charge on any atom is 0.227 e. The molecule has 2 aliphatic heterocycles. The van der Waals surface area contributed by atoms with Gasteiger partial charge in [-0.05, 0) is 24.5 Å². The van der Waals surface area contributed by atoms with Gasteiger partial charge in [0, 0.05) is 30.2 Å². The lowest BCUT2D eigenvalue weighted by molar-refractivity contribution is -0.121. The van der Waals surface area contributed by atoms with Crippen LogP contribution in [0.3, 0.4) is 0 Å². The predicted molar refractivity (Wildman–Crippen MR) is 111 cm³/mol. The van der Waals surface area contributed by atoms with E-state index in [2.05, 4.69) is 15.6 Å². The Morgan fingerprint density at radius 3 is 2.86 bits per heavy atom. The molecule has 0 spiro atoms. The van der Waals surface area contributed by atoms with Gasteiger partial charge in [-0.25, -0.2) is 4.98 Å². The molecular formula is C21H19N3O4S. The molecule has 1 unspecified atom stereocenters. The van der Waals surface area contributed by atoms with Crippen molar-refractivity contribution in [3.8, 4) is 11.5 Å². The molecule has 0 saturated heterocycles. The van der Waals surface area contributed by atoms with Gasteiger partial charge in [0.15, 0.2) is 16.6 Å². The molecule has 1 aromatic heterocycles. The van der Waals surface area contributed by atoms with Crippen LogP contribution < -0.4 is 20.1 Å². The van der Waals surface area contributed by atoms with E-state index in [4.69, 9.17) is 9.47 Å². The van der Waals surface area contributed by atoms with Crippen LogP contribution in [0.4, 0.5) is 10.8 Å². The molecule has 0 bridgehead atoms. The second kappa shape index (κ2) is 7.36. The normalized spacial score (nSPS) is 17.5. The first kappa shape index (κ1) is 17.9. The van der Waals surface area contributed by atoms with Crippen molar-refractivity contribution in [2.24, 2.45) is 5.92 Å². The molecule has 29 heavy (non-hydrogen) atoms.